The molecule has 0 unspecified atom stereocenters. The molecule has 0 N–H and O–H groups in total. The normalized spacial score (nSPS) is 12.3. The number of aryl methyl sites for hydroxylation is 1. The summed E-state index contributed by atoms with van der Waals surface area (Å²) in [6.07, 6.45) is 5.06. The third kappa shape index (κ3) is 4.67. The SMILES string of the molecule is [Cl][Zr+2][Cl].c1cc[cH-]c1.c1ccc2[cH-]c(-n3c4c(c5ccccc53)CCCC4)cc2c1. The van der Waals surface area contributed by atoms with Crippen molar-refractivity contribution in [2.24, 2.45) is 0 Å². The van der Waals surface area contributed by atoms with E-state index in [1.165, 1.54) is 58.7 Å². The van der Waals surface area contributed by atoms with Gasteiger partial charge in [0.2, 0.25) is 0 Å². The summed E-state index contributed by atoms with van der Waals surface area (Å²) < 4.78 is 2.50. The van der Waals surface area contributed by atoms with E-state index in [4.69, 9.17) is 17.0 Å². The molecule has 1 aliphatic carbocycles. The number of para-hydroxylation sites is 1. The van der Waals surface area contributed by atoms with Gasteiger partial charge < -0.3 is 4.57 Å². The Morgan fingerprint density at radius 1 is 0.833 bits per heavy atom. The third-order valence-electron chi connectivity index (χ3n) is 5.60. The van der Waals surface area contributed by atoms with E-state index in [1.807, 2.05) is 30.3 Å². The Kier molecular flexibility index (Phi) is 7.66. The first-order chi connectivity index (χ1) is 14.8. The van der Waals surface area contributed by atoms with Gasteiger partial charge in [0.05, 0.1) is 5.52 Å². The molecule has 6 rings (SSSR count). The van der Waals surface area contributed by atoms with Crippen molar-refractivity contribution < 1.29 is 20.8 Å². The summed E-state index contributed by atoms with van der Waals surface area (Å²) >= 11 is -0.826. The summed E-state index contributed by atoms with van der Waals surface area (Å²) in [7, 11) is 9.87. The molecule has 4 aromatic carbocycles. The maximum absolute atomic E-state index is 4.93. The smallest absolute Gasteiger partial charge is 0.0516 e. The maximum atomic E-state index is 4.93. The average molecular weight is 512 g/mol. The van der Waals surface area contributed by atoms with Crippen LogP contribution in [0.3, 0.4) is 0 Å². The van der Waals surface area contributed by atoms with E-state index in [0.717, 1.165) is 0 Å². The zero-order valence-electron chi connectivity index (χ0n) is 16.7. The number of fused-ring (bicyclic) bond motifs is 4. The topological polar surface area (TPSA) is 4.93 Å². The summed E-state index contributed by atoms with van der Waals surface area (Å²) in [5.41, 5.74) is 5.79. The van der Waals surface area contributed by atoms with Crippen LogP contribution >= 0.6 is 17.0 Å². The molecule has 1 aliphatic rings. The fourth-order valence-corrected chi connectivity index (χ4v) is 4.37. The minimum atomic E-state index is -0.826. The molecule has 1 heterocycles. The first-order valence-corrected chi connectivity index (χ1v) is 16.6. The van der Waals surface area contributed by atoms with Crippen LogP contribution < -0.4 is 0 Å². The Morgan fingerprint density at radius 2 is 1.53 bits per heavy atom. The monoisotopic (exact) mass is 509 g/mol. The van der Waals surface area contributed by atoms with E-state index in [2.05, 4.69) is 65.2 Å². The Morgan fingerprint density at radius 3 is 2.27 bits per heavy atom. The summed E-state index contributed by atoms with van der Waals surface area (Å²) in [4.78, 5) is 0. The average Bonchev–Trinajstić information content (AvgIpc) is 3.53. The van der Waals surface area contributed by atoms with E-state index in [1.54, 1.807) is 5.56 Å². The fourth-order valence-electron chi connectivity index (χ4n) is 4.37. The molecule has 5 aromatic rings. The Hall–Kier alpha value is -1.60. The van der Waals surface area contributed by atoms with Crippen molar-refractivity contribution in [3.8, 4) is 5.69 Å². The molecule has 0 bridgehead atoms. The molecular weight excluding hydrogens is 488 g/mol. The molecule has 1 aromatic heterocycles. The first kappa shape index (κ1) is 21.6. The molecule has 0 saturated heterocycles. The predicted molar refractivity (Wildman–Crippen MR) is 127 cm³/mol. The number of aromatic nitrogens is 1. The van der Waals surface area contributed by atoms with Crippen LogP contribution in [-0.4, -0.2) is 4.57 Å². The third-order valence-corrected chi connectivity index (χ3v) is 5.60. The molecule has 0 fully saturated rings. The predicted octanol–water partition coefficient (Wildman–Crippen LogP) is 8.16. The van der Waals surface area contributed by atoms with Gasteiger partial charge >= 0.3 is 37.9 Å². The van der Waals surface area contributed by atoms with Gasteiger partial charge in [-0.3, -0.25) is 0 Å². The molecule has 0 radical (unpaired) electrons. The molecule has 0 aliphatic heterocycles. The molecule has 0 spiro atoms. The molecule has 0 atom stereocenters. The number of rotatable bonds is 1. The van der Waals surface area contributed by atoms with Crippen molar-refractivity contribution in [2.45, 2.75) is 25.7 Å². The maximum Gasteiger partial charge on any atom is 0.0516 e. The Labute approximate surface area is 196 Å². The van der Waals surface area contributed by atoms with Crippen molar-refractivity contribution in [3.05, 3.63) is 102 Å². The van der Waals surface area contributed by atoms with Crippen LogP contribution in [0.4, 0.5) is 0 Å². The molecule has 30 heavy (non-hydrogen) atoms. The summed E-state index contributed by atoms with van der Waals surface area (Å²) in [5.74, 6) is 0. The molecule has 4 heteroatoms. The minimum Gasteiger partial charge on any atom is -0.332 e. The molecule has 150 valence electrons. The van der Waals surface area contributed by atoms with Gasteiger partial charge in [-0.1, -0.05) is 24.3 Å². The standard InChI is InChI=1S/C21H18N.C5H5.2ClH.Zr/c1-2-8-16-14-17(13-15(16)7-1)22-20-11-5-3-9-18(20)19-10-4-6-12-21(19)22;1-2-4-5-3-1;;;/h1-3,5,7-9,11,13-14H,4,6,10,12H2;1-5H;2*1H;/q2*-1;;;+4/p-2. The molecular formula is C26H23Cl2NZr. The fraction of sp³-hybridized carbons (Fsp3) is 0.154. The van der Waals surface area contributed by atoms with Crippen LogP contribution in [0.5, 0.6) is 0 Å². The largest absolute Gasteiger partial charge is 0.332 e. The second-order valence-corrected chi connectivity index (χ2v) is 11.1. The van der Waals surface area contributed by atoms with E-state index < -0.39 is 20.8 Å². The van der Waals surface area contributed by atoms with Crippen LogP contribution in [-0.2, 0) is 33.7 Å². The van der Waals surface area contributed by atoms with E-state index in [9.17, 15) is 0 Å². The second-order valence-electron chi connectivity index (χ2n) is 7.36. The number of benzene rings is 2. The second kappa shape index (κ2) is 10.6. The number of hydrogen-bond donors (Lipinski definition) is 0. The number of halogens is 2. The minimum absolute atomic E-state index is 0.826. The van der Waals surface area contributed by atoms with Crippen LogP contribution in [0.15, 0.2) is 91.0 Å². The number of hydrogen-bond acceptors (Lipinski definition) is 0. The van der Waals surface area contributed by atoms with Crippen molar-refractivity contribution in [1.29, 1.82) is 0 Å². The quantitative estimate of drug-likeness (QED) is 0.200. The van der Waals surface area contributed by atoms with Crippen molar-refractivity contribution in [2.75, 3.05) is 0 Å². The zero-order chi connectivity index (χ0) is 20.8. The van der Waals surface area contributed by atoms with Crippen molar-refractivity contribution in [3.63, 3.8) is 0 Å². The van der Waals surface area contributed by atoms with Gasteiger partial charge in [0, 0.05) is 11.1 Å². The van der Waals surface area contributed by atoms with Crippen LogP contribution in [0.1, 0.15) is 24.1 Å². The van der Waals surface area contributed by atoms with Crippen molar-refractivity contribution >= 4 is 38.7 Å². The van der Waals surface area contributed by atoms with Crippen LogP contribution in [0, 0.1) is 0 Å². The van der Waals surface area contributed by atoms with Gasteiger partial charge in [0.15, 0.2) is 0 Å². The molecule has 0 amide bonds. The summed E-state index contributed by atoms with van der Waals surface area (Å²) in [6, 6.07) is 32.2. The van der Waals surface area contributed by atoms with Gasteiger partial charge in [-0.2, -0.15) is 18.2 Å². The molecule has 0 saturated carbocycles. The van der Waals surface area contributed by atoms with E-state index in [0.29, 0.717) is 0 Å². The molecule has 1 nitrogen and oxygen atoms in total. The van der Waals surface area contributed by atoms with Gasteiger partial charge in [-0.05, 0) is 43.0 Å². The van der Waals surface area contributed by atoms with Crippen LogP contribution in [0.25, 0.3) is 27.4 Å². The first-order valence-electron chi connectivity index (χ1n) is 10.2. The van der Waals surface area contributed by atoms with E-state index in [-0.39, 0.29) is 0 Å². The van der Waals surface area contributed by atoms with Gasteiger partial charge in [-0.25, -0.2) is 12.1 Å². The van der Waals surface area contributed by atoms with E-state index >= 15 is 0 Å². The van der Waals surface area contributed by atoms with Gasteiger partial charge in [-0.15, -0.1) is 41.1 Å². The Bertz CT molecular complexity index is 1150. The zero-order valence-corrected chi connectivity index (χ0v) is 20.7. The number of nitrogens with zero attached hydrogens (tertiary/aromatic N) is 1. The van der Waals surface area contributed by atoms with Gasteiger partial charge in [0.25, 0.3) is 0 Å². The van der Waals surface area contributed by atoms with Gasteiger partial charge in [0.1, 0.15) is 0 Å². The summed E-state index contributed by atoms with van der Waals surface area (Å²) in [6.45, 7) is 0. The van der Waals surface area contributed by atoms with Crippen LogP contribution in [0.2, 0.25) is 0 Å². The Balaban J connectivity index is 0.000000233. The summed E-state index contributed by atoms with van der Waals surface area (Å²) in [5, 5.41) is 4.11. The van der Waals surface area contributed by atoms with Crippen molar-refractivity contribution in [1.82, 2.24) is 4.57 Å².